The second-order valence-electron chi connectivity index (χ2n) is 10.5. The molecule has 1 aromatic carbocycles. The molecule has 2 unspecified atom stereocenters. The van der Waals surface area contributed by atoms with Gasteiger partial charge in [0.1, 0.15) is 12.4 Å². The summed E-state index contributed by atoms with van der Waals surface area (Å²) in [5.41, 5.74) is 4.13. The van der Waals surface area contributed by atoms with Crippen LogP contribution in [0.5, 0.6) is 5.75 Å². The molecule has 5 atom stereocenters. The van der Waals surface area contributed by atoms with E-state index >= 15 is 0 Å². The zero-order valence-electron chi connectivity index (χ0n) is 22.8. The number of hydroxylamine groups is 1. The number of carbonyl (C=O) groups is 2. The second kappa shape index (κ2) is 12.3. The lowest BCUT2D eigenvalue weighted by atomic mass is 9.74. The van der Waals surface area contributed by atoms with Gasteiger partial charge in [-0.1, -0.05) is 54.8 Å². The van der Waals surface area contributed by atoms with Gasteiger partial charge < -0.3 is 9.64 Å². The Hall–Kier alpha value is -3.25. The zero-order valence-corrected chi connectivity index (χ0v) is 24.4. The van der Waals surface area contributed by atoms with Crippen LogP contribution in [-0.4, -0.2) is 61.6 Å². The van der Waals surface area contributed by atoms with Crippen LogP contribution in [0.3, 0.4) is 0 Å². The van der Waals surface area contributed by atoms with Gasteiger partial charge in [-0.15, -0.1) is 0 Å². The molecule has 0 bridgehead atoms. The summed E-state index contributed by atoms with van der Waals surface area (Å²) in [6.45, 7) is 0.00264. The molecule has 1 saturated carbocycles. The van der Waals surface area contributed by atoms with Crippen molar-refractivity contribution < 1.29 is 27.6 Å². The normalized spacial score (nSPS) is 25.9. The van der Waals surface area contributed by atoms with Gasteiger partial charge in [-0.25, -0.2) is 18.6 Å². The van der Waals surface area contributed by atoms with E-state index in [9.17, 15) is 18.0 Å². The lowest BCUT2D eigenvalue weighted by molar-refractivity contribution is -0.138. The SMILES string of the molecule is COc1ccnc(CONC(=O)[C@@H]2c3ccccc3C(=O)N([C@H]3CCCC[C@@H]3NS(C)(=O)=O)C2C2C=CC(Cl)=C2)c1. The highest BCUT2D eigenvalue weighted by Gasteiger charge is 2.50. The summed E-state index contributed by atoms with van der Waals surface area (Å²) in [4.78, 5) is 39.7. The Bertz CT molecular complexity index is 1480. The molecular formula is C29H33ClN4O6S. The molecular weight excluding hydrogens is 568 g/mol. The topological polar surface area (TPSA) is 127 Å². The number of nitrogens with zero attached hydrogens (tertiary/aromatic N) is 2. The minimum atomic E-state index is -3.54. The second-order valence-corrected chi connectivity index (χ2v) is 12.8. The molecule has 2 aromatic rings. The van der Waals surface area contributed by atoms with Crippen molar-refractivity contribution in [2.45, 2.75) is 56.3 Å². The van der Waals surface area contributed by atoms with Crippen molar-refractivity contribution in [1.29, 1.82) is 0 Å². The fourth-order valence-corrected chi connectivity index (χ4v) is 7.17. The maximum absolute atomic E-state index is 14.2. The van der Waals surface area contributed by atoms with E-state index in [0.29, 0.717) is 40.4 Å². The Balaban J connectivity index is 1.51. The lowest BCUT2D eigenvalue weighted by Gasteiger charge is -2.50. The first-order valence-electron chi connectivity index (χ1n) is 13.5. The van der Waals surface area contributed by atoms with E-state index in [-0.39, 0.29) is 18.4 Å². The van der Waals surface area contributed by atoms with Crippen LogP contribution in [0.4, 0.5) is 0 Å². The first-order chi connectivity index (χ1) is 19.7. The first kappa shape index (κ1) is 29.2. The van der Waals surface area contributed by atoms with Crippen molar-refractivity contribution in [2.24, 2.45) is 5.92 Å². The van der Waals surface area contributed by atoms with Gasteiger partial charge in [0.15, 0.2) is 0 Å². The smallest absolute Gasteiger partial charge is 0.254 e. The first-order valence-corrected chi connectivity index (χ1v) is 15.8. The average Bonchev–Trinajstić information content (AvgIpc) is 3.38. The fraction of sp³-hybridized carbons (Fsp3) is 0.414. The molecule has 10 nitrogen and oxygen atoms in total. The number of aromatic nitrogens is 1. The van der Waals surface area contributed by atoms with Crippen molar-refractivity contribution in [3.63, 3.8) is 0 Å². The Morgan fingerprint density at radius 1 is 1.20 bits per heavy atom. The number of pyridine rings is 1. The highest BCUT2D eigenvalue weighted by molar-refractivity contribution is 7.88. The van der Waals surface area contributed by atoms with E-state index < -0.39 is 40.0 Å². The van der Waals surface area contributed by atoms with Gasteiger partial charge in [-0.05, 0) is 36.6 Å². The molecule has 1 aromatic heterocycles. The monoisotopic (exact) mass is 600 g/mol. The third-order valence-electron chi connectivity index (χ3n) is 7.80. The van der Waals surface area contributed by atoms with Crippen molar-refractivity contribution >= 4 is 33.4 Å². The highest BCUT2D eigenvalue weighted by Crippen LogP contribution is 2.43. The number of ether oxygens (including phenoxy) is 1. The zero-order chi connectivity index (χ0) is 29.1. The lowest BCUT2D eigenvalue weighted by Crippen LogP contribution is -2.63. The van der Waals surface area contributed by atoms with E-state index in [4.69, 9.17) is 21.2 Å². The largest absolute Gasteiger partial charge is 0.497 e. The Kier molecular flexibility index (Phi) is 8.79. The summed E-state index contributed by atoms with van der Waals surface area (Å²) >= 11 is 6.35. The van der Waals surface area contributed by atoms with Crippen molar-refractivity contribution in [2.75, 3.05) is 13.4 Å². The quantitative estimate of drug-likeness (QED) is 0.422. The van der Waals surface area contributed by atoms with Gasteiger partial charge >= 0.3 is 0 Å². The molecule has 2 aliphatic carbocycles. The molecule has 2 amide bonds. The van der Waals surface area contributed by atoms with Gasteiger partial charge in [0.2, 0.25) is 10.0 Å². The Morgan fingerprint density at radius 3 is 2.71 bits per heavy atom. The Labute approximate surface area is 244 Å². The number of sulfonamides is 1. The number of hydrogen-bond donors (Lipinski definition) is 2. The number of benzene rings is 1. The molecule has 0 spiro atoms. The summed E-state index contributed by atoms with van der Waals surface area (Å²) in [7, 11) is -1.99. The number of amides is 2. The maximum atomic E-state index is 14.2. The predicted octanol–water partition coefficient (Wildman–Crippen LogP) is 3.42. The number of carbonyl (C=O) groups excluding carboxylic acids is 2. The van der Waals surface area contributed by atoms with Crippen LogP contribution < -0.4 is 14.9 Å². The average molecular weight is 601 g/mol. The van der Waals surface area contributed by atoms with Gasteiger partial charge in [0.25, 0.3) is 11.8 Å². The standard InChI is InChI=1S/C29H33ClN4O6S/c1-39-21-13-14-31-20(16-21)17-40-32-28(35)26-22-7-3-4-8-23(22)29(36)34(27(26)18-11-12-19(30)15-18)25-10-6-5-9-24(25)33-41(2,37)38/h3-4,7-8,11-16,18,24-27,33H,5-6,9-10,17H2,1-2H3,(H,32,35)/t18?,24-,25-,26+,27?/m0/s1. The Morgan fingerprint density at radius 2 is 1.98 bits per heavy atom. The minimum Gasteiger partial charge on any atom is -0.497 e. The fourth-order valence-electron chi connectivity index (χ4n) is 6.13. The maximum Gasteiger partial charge on any atom is 0.254 e. The molecule has 2 heterocycles. The number of hydrogen-bond acceptors (Lipinski definition) is 7. The third-order valence-corrected chi connectivity index (χ3v) is 8.78. The highest BCUT2D eigenvalue weighted by atomic mass is 35.5. The van der Waals surface area contributed by atoms with Crippen LogP contribution in [0.2, 0.25) is 0 Å². The molecule has 0 radical (unpaired) electrons. The summed E-state index contributed by atoms with van der Waals surface area (Å²) < 4.78 is 32.6. The van der Waals surface area contributed by atoms with Gasteiger partial charge in [0.05, 0.1) is 31.0 Å². The number of methoxy groups -OCH3 is 1. The van der Waals surface area contributed by atoms with E-state index in [0.717, 1.165) is 19.1 Å². The van der Waals surface area contributed by atoms with E-state index in [1.807, 2.05) is 12.2 Å². The van der Waals surface area contributed by atoms with Crippen LogP contribution in [-0.2, 0) is 26.3 Å². The van der Waals surface area contributed by atoms with Crippen LogP contribution >= 0.6 is 11.6 Å². The van der Waals surface area contributed by atoms with Gasteiger partial charge in [-0.3, -0.25) is 19.4 Å². The molecule has 2 N–H and O–H groups in total. The van der Waals surface area contributed by atoms with Crippen molar-refractivity contribution in [1.82, 2.24) is 20.1 Å². The number of allylic oxidation sites excluding steroid dienone is 2. The van der Waals surface area contributed by atoms with Gasteiger partial charge in [-0.2, -0.15) is 0 Å². The van der Waals surface area contributed by atoms with E-state index in [1.165, 1.54) is 0 Å². The van der Waals surface area contributed by atoms with E-state index in [1.54, 1.807) is 60.7 Å². The number of fused-ring (bicyclic) bond motifs is 1. The summed E-state index contributed by atoms with van der Waals surface area (Å²) in [6.07, 6.45) is 11.0. The molecule has 0 saturated heterocycles. The summed E-state index contributed by atoms with van der Waals surface area (Å²) in [5.74, 6) is -1.26. The van der Waals surface area contributed by atoms with Crippen molar-refractivity contribution in [3.8, 4) is 5.75 Å². The predicted molar refractivity (Wildman–Crippen MR) is 153 cm³/mol. The van der Waals surface area contributed by atoms with Crippen molar-refractivity contribution in [3.05, 3.63) is 82.7 Å². The molecule has 218 valence electrons. The summed E-state index contributed by atoms with van der Waals surface area (Å²) in [6, 6.07) is 8.84. The number of nitrogens with one attached hydrogen (secondary N) is 2. The van der Waals surface area contributed by atoms with Gasteiger partial charge in [0, 0.05) is 40.9 Å². The van der Waals surface area contributed by atoms with Crippen LogP contribution in [0.1, 0.15) is 53.2 Å². The van der Waals surface area contributed by atoms with Crippen LogP contribution in [0.25, 0.3) is 0 Å². The third kappa shape index (κ3) is 6.48. The number of halogens is 1. The molecule has 12 heteroatoms. The van der Waals surface area contributed by atoms with Crippen LogP contribution in [0, 0.1) is 5.92 Å². The molecule has 3 aliphatic rings. The molecule has 1 fully saturated rings. The van der Waals surface area contributed by atoms with Crippen LogP contribution in [0.15, 0.2) is 65.9 Å². The molecule has 5 rings (SSSR count). The number of rotatable bonds is 9. The summed E-state index contributed by atoms with van der Waals surface area (Å²) in [5, 5.41) is 0.509. The van der Waals surface area contributed by atoms with E-state index in [2.05, 4.69) is 15.2 Å². The minimum absolute atomic E-state index is 0.00264. The molecule has 1 aliphatic heterocycles. The molecule has 41 heavy (non-hydrogen) atoms.